The van der Waals surface area contributed by atoms with E-state index in [1.807, 2.05) is 0 Å². The molecule has 2 aromatic carbocycles. The van der Waals surface area contributed by atoms with Gasteiger partial charge >= 0.3 is 11.7 Å². The molecule has 0 saturated carbocycles. The summed E-state index contributed by atoms with van der Waals surface area (Å²) in [6, 6.07) is 8.27. The van der Waals surface area contributed by atoms with Crippen molar-refractivity contribution in [3.8, 4) is 11.5 Å². The Morgan fingerprint density at radius 2 is 1.87 bits per heavy atom. The first-order valence-corrected chi connectivity index (χ1v) is 9.28. The topological polar surface area (TPSA) is 140 Å². The lowest BCUT2D eigenvalue weighted by molar-refractivity contribution is -0.384. The van der Waals surface area contributed by atoms with E-state index in [4.69, 9.17) is 18.6 Å². The molecule has 0 unspecified atom stereocenters. The quantitative estimate of drug-likeness (QED) is 0.250. The molecule has 0 fully saturated rings. The molecule has 0 aliphatic carbocycles. The van der Waals surface area contributed by atoms with Gasteiger partial charge in [0.1, 0.15) is 6.54 Å². The van der Waals surface area contributed by atoms with Crippen molar-refractivity contribution in [2.75, 3.05) is 19.8 Å². The minimum atomic E-state index is -0.873. The van der Waals surface area contributed by atoms with Gasteiger partial charge in [-0.2, -0.15) is 0 Å². The van der Waals surface area contributed by atoms with Gasteiger partial charge in [0, 0.05) is 18.1 Å². The average molecular weight is 428 g/mol. The molecule has 2 heterocycles. The van der Waals surface area contributed by atoms with Gasteiger partial charge in [0.25, 0.3) is 5.69 Å². The number of rotatable bonds is 6. The van der Waals surface area contributed by atoms with Gasteiger partial charge < -0.3 is 18.6 Å². The highest BCUT2D eigenvalue weighted by Crippen LogP contribution is 2.30. The van der Waals surface area contributed by atoms with Crippen LogP contribution in [0.4, 0.5) is 5.69 Å². The summed E-state index contributed by atoms with van der Waals surface area (Å²) in [6.45, 7) is -0.0595. The number of carbonyl (C=O) groups is 2. The first kappa shape index (κ1) is 20.1. The summed E-state index contributed by atoms with van der Waals surface area (Å²) in [4.78, 5) is 46.8. The SMILES string of the molecule is O=C(Cn1c(=O)oc2cc([N+](=O)[O-])ccc21)OCC(=O)c1ccc2c(c1)OCCCO2. The van der Waals surface area contributed by atoms with Gasteiger partial charge in [-0.1, -0.05) is 0 Å². The largest absolute Gasteiger partial charge is 0.490 e. The van der Waals surface area contributed by atoms with E-state index in [1.165, 1.54) is 18.2 Å². The van der Waals surface area contributed by atoms with Crippen LogP contribution < -0.4 is 15.2 Å². The molecule has 11 nitrogen and oxygen atoms in total. The van der Waals surface area contributed by atoms with Gasteiger partial charge in [-0.05, 0) is 24.3 Å². The number of nitrogens with zero attached hydrogens (tertiary/aromatic N) is 2. The Hall–Kier alpha value is -4.15. The zero-order chi connectivity index (χ0) is 22.0. The standard InChI is InChI=1S/C20H16N2O9/c23-15(12-2-5-16-18(8-12)29-7-1-6-28-16)11-30-19(24)10-21-14-4-3-13(22(26)27)9-17(14)31-20(21)25/h2-5,8-9H,1,6-7,10-11H2. The summed E-state index contributed by atoms with van der Waals surface area (Å²) >= 11 is 0. The molecule has 160 valence electrons. The molecular weight excluding hydrogens is 412 g/mol. The van der Waals surface area contributed by atoms with Crippen molar-refractivity contribution in [2.24, 2.45) is 0 Å². The summed E-state index contributed by atoms with van der Waals surface area (Å²) in [5.74, 6) is -1.19. The van der Waals surface area contributed by atoms with E-state index < -0.39 is 35.6 Å². The second-order valence-corrected chi connectivity index (χ2v) is 6.66. The maximum atomic E-state index is 12.4. The van der Waals surface area contributed by atoms with E-state index in [0.29, 0.717) is 24.7 Å². The minimum absolute atomic E-state index is 0.0322. The molecule has 0 N–H and O–H groups in total. The highest BCUT2D eigenvalue weighted by molar-refractivity contribution is 5.98. The number of Topliss-reactive ketones (excluding diaryl/α,β-unsaturated/α-hetero) is 1. The number of fused-ring (bicyclic) bond motifs is 2. The van der Waals surface area contributed by atoms with Gasteiger partial charge in [-0.15, -0.1) is 0 Å². The van der Waals surface area contributed by atoms with E-state index in [-0.39, 0.29) is 22.4 Å². The lowest BCUT2D eigenvalue weighted by Gasteiger charge is -2.09. The van der Waals surface area contributed by atoms with Gasteiger partial charge in [-0.3, -0.25) is 24.3 Å². The lowest BCUT2D eigenvalue weighted by atomic mass is 10.1. The van der Waals surface area contributed by atoms with Crippen LogP contribution in [0.25, 0.3) is 11.1 Å². The Bertz CT molecular complexity index is 1240. The molecular formula is C20H16N2O9. The summed E-state index contributed by atoms with van der Waals surface area (Å²) in [6.07, 6.45) is 0.727. The van der Waals surface area contributed by atoms with Crippen LogP contribution in [0.2, 0.25) is 0 Å². The third-order valence-electron chi connectivity index (χ3n) is 4.58. The zero-order valence-corrected chi connectivity index (χ0v) is 16.1. The van der Waals surface area contributed by atoms with Crippen molar-refractivity contribution in [1.82, 2.24) is 4.57 Å². The first-order chi connectivity index (χ1) is 14.9. The van der Waals surface area contributed by atoms with Crippen LogP contribution in [0.3, 0.4) is 0 Å². The number of oxazole rings is 1. The van der Waals surface area contributed by atoms with Crippen molar-refractivity contribution in [2.45, 2.75) is 13.0 Å². The van der Waals surface area contributed by atoms with Crippen LogP contribution in [0.5, 0.6) is 11.5 Å². The number of hydrogen-bond acceptors (Lipinski definition) is 9. The number of esters is 1. The Kier molecular flexibility index (Phi) is 5.39. The van der Waals surface area contributed by atoms with Crippen LogP contribution >= 0.6 is 0 Å². The smallest absolute Gasteiger partial charge is 0.420 e. The van der Waals surface area contributed by atoms with E-state index in [1.54, 1.807) is 12.1 Å². The third kappa shape index (κ3) is 4.25. The van der Waals surface area contributed by atoms with Gasteiger partial charge in [-0.25, -0.2) is 4.79 Å². The number of nitro groups is 1. The molecule has 0 saturated heterocycles. The molecule has 0 spiro atoms. The maximum absolute atomic E-state index is 12.4. The maximum Gasteiger partial charge on any atom is 0.420 e. The summed E-state index contributed by atoms with van der Waals surface area (Å²) in [5.41, 5.74) is 0.198. The van der Waals surface area contributed by atoms with Crippen molar-refractivity contribution in [3.63, 3.8) is 0 Å². The number of benzene rings is 2. The number of nitro benzene ring substituents is 1. The first-order valence-electron chi connectivity index (χ1n) is 9.28. The number of carbonyl (C=O) groups excluding carboxylic acids is 2. The fourth-order valence-corrected chi connectivity index (χ4v) is 3.06. The Labute approximate surface area is 173 Å². The van der Waals surface area contributed by atoms with Crippen molar-refractivity contribution >= 4 is 28.5 Å². The molecule has 0 bridgehead atoms. The number of ether oxygens (including phenoxy) is 3. The predicted octanol–water partition coefficient (Wildman–Crippen LogP) is 2.09. The Morgan fingerprint density at radius 3 is 2.65 bits per heavy atom. The van der Waals surface area contributed by atoms with Crippen LogP contribution in [-0.2, 0) is 16.1 Å². The fourth-order valence-electron chi connectivity index (χ4n) is 3.06. The minimum Gasteiger partial charge on any atom is -0.490 e. The highest BCUT2D eigenvalue weighted by Gasteiger charge is 2.19. The molecule has 1 aliphatic rings. The molecule has 3 aromatic rings. The second-order valence-electron chi connectivity index (χ2n) is 6.66. The molecule has 0 atom stereocenters. The Balaban J connectivity index is 1.42. The van der Waals surface area contributed by atoms with Crippen LogP contribution in [0, 0.1) is 10.1 Å². The molecule has 31 heavy (non-hydrogen) atoms. The van der Waals surface area contributed by atoms with Crippen molar-refractivity contribution in [1.29, 1.82) is 0 Å². The monoisotopic (exact) mass is 428 g/mol. The van der Waals surface area contributed by atoms with Gasteiger partial charge in [0.05, 0.1) is 29.7 Å². The van der Waals surface area contributed by atoms with E-state index in [9.17, 15) is 24.5 Å². The highest BCUT2D eigenvalue weighted by atomic mass is 16.6. The zero-order valence-electron chi connectivity index (χ0n) is 16.1. The number of non-ortho nitro benzene ring substituents is 1. The predicted molar refractivity (Wildman–Crippen MR) is 104 cm³/mol. The molecule has 0 amide bonds. The number of hydrogen-bond donors (Lipinski definition) is 0. The summed E-state index contributed by atoms with van der Waals surface area (Å²) < 4.78 is 22.0. The van der Waals surface area contributed by atoms with Crippen molar-refractivity contribution in [3.05, 3.63) is 62.6 Å². The second kappa shape index (κ2) is 8.30. The van der Waals surface area contributed by atoms with Crippen molar-refractivity contribution < 1.29 is 33.1 Å². The van der Waals surface area contributed by atoms with E-state index in [2.05, 4.69) is 0 Å². The van der Waals surface area contributed by atoms with E-state index >= 15 is 0 Å². The molecule has 11 heteroatoms. The van der Waals surface area contributed by atoms with Crippen LogP contribution in [0.1, 0.15) is 16.8 Å². The number of aromatic nitrogens is 1. The van der Waals surface area contributed by atoms with Gasteiger partial charge in [0.15, 0.2) is 29.5 Å². The summed E-state index contributed by atoms with van der Waals surface area (Å²) in [7, 11) is 0. The Morgan fingerprint density at radius 1 is 1.10 bits per heavy atom. The lowest BCUT2D eigenvalue weighted by Crippen LogP contribution is -2.23. The molecule has 1 aliphatic heterocycles. The van der Waals surface area contributed by atoms with E-state index in [0.717, 1.165) is 17.1 Å². The molecule has 1 aromatic heterocycles. The van der Waals surface area contributed by atoms with Crippen LogP contribution in [-0.4, -0.2) is 41.1 Å². The normalized spacial score (nSPS) is 12.9. The van der Waals surface area contributed by atoms with Crippen LogP contribution in [0.15, 0.2) is 45.6 Å². The fraction of sp³-hybridized carbons (Fsp3) is 0.250. The molecule has 0 radical (unpaired) electrons. The third-order valence-corrected chi connectivity index (χ3v) is 4.58. The molecule has 4 rings (SSSR count). The number of ketones is 1. The average Bonchev–Trinajstić information content (AvgIpc) is 2.91. The summed E-state index contributed by atoms with van der Waals surface area (Å²) in [5, 5.41) is 10.8. The van der Waals surface area contributed by atoms with Gasteiger partial charge in [0.2, 0.25) is 0 Å².